The molecule has 0 amide bonds. The highest BCUT2D eigenvalue weighted by Crippen LogP contribution is 2.29. The van der Waals surface area contributed by atoms with Crippen molar-refractivity contribution in [3.63, 3.8) is 0 Å². The van der Waals surface area contributed by atoms with Gasteiger partial charge in [-0.05, 0) is 36.4 Å². The molecule has 2 rings (SSSR count). The molecule has 10 heteroatoms. The van der Waals surface area contributed by atoms with E-state index in [1.54, 1.807) is 6.07 Å². The van der Waals surface area contributed by atoms with Gasteiger partial charge in [-0.3, -0.25) is 4.57 Å². The molecule has 0 saturated heterocycles. The number of H-pyrrole nitrogens is 1. The number of nitrogen functional groups attached to an aromatic ring is 1. The number of nitrogens with two attached hydrogens (primary N) is 2. The normalized spacial score (nSPS) is 11.7. The summed E-state index contributed by atoms with van der Waals surface area (Å²) >= 11 is 1.14. The van der Waals surface area contributed by atoms with E-state index in [4.69, 9.17) is 10.9 Å². The van der Waals surface area contributed by atoms with Crippen LogP contribution in [-0.4, -0.2) is 23.2 Å². The largest absolute Gasteiger partial charge is 0.399 e. The van der Waals surface area contributed by atoms with E-state index in [0.29, 0.717) is 16.6 Å². The van der Waals surface area contributed by atoms with Crippen LogP contribution in [-0.2, 0) is 16.6 Å². The molecule has 0 aliphatic heterocycles. The van der Waals surface area contributed by atoms with Crippen molar-refractivity contribution in [1.82, 2.24) is 14.8 Å². The Hall–Kier alpha value is -1.78. The minimum absolute atomic E-state index is 0.0788. The molecule has 0 bridgehead atoms. The predicted molar refractivity (Wildman–Crippen MR) is 79.5 cm³/mol. The number of nitrogens with zero attached hydrogens (tertiary/aromatic N) is 2. The van der Waals surface area contributed by atoms with Crippen molar-refractivity contribution < 1.29 is 8.42 Å². The molecule has 0 radical (unpaired) electrons. The maximum absolute atomic E-state index is 11.6. The fraction of sp³-hybridized carbons (Fsp3) is 0.273. The van der Waals surface area contributed by atoms with E-state index in [1.807, 2.05) is 6.92 Å². The second-order valence-electron chi connectivity index (χ2n) is 4.35. The molecule has 2 aromatic rings. The van der Waals surface area contributed by atoms with Crippen LogP contribution in [0.2, 0.25) is 0 Å². The number of aromatic amines is 1. The van der Waals surface area contributed by atoms with E-state index in [2.05, 4.69) is 10.2 Å². The number of rotatable bonds is 5. The summed E-state index contributed by atoms with van der Waals surface area (Å²) < 4.78 is 24.3. The van der Waals surface area contributed by atoms with Crippen molar-refractivity contribution in [1.29, 1.82) is 0 Å². The minimum Gasteiger partial charge on any atom is -0.399 e. The number of anilines is 1. The minimum atomic E-state index is -3.85. The molecule has 1 aromatic carbocycles. The Labute approximate surface area is 125 Å². The molecule has 0 atom stereocenters. The summed E-state index contributed by atoms with van der Waals surface area (Å²) in [6.07, 6.45) is 0.770. The fourth-order valence-corrected chi connectivity index (χ4v) is 3.36. The second kappa shape index (κ2) is 5.92. The zero-order chi connectivity index (χ0) is 15.6. The number of benzene rings is 1. The molecule has 114 valence electrons. The lowest BCUT2D eigenvalue weighted by Gasteiger charge is -2.06. The molecule has 0 fully saturated rings. The van der Waals surface area contributed by atoms with Crippen molar-refractivity contribution in [2.45, 2.75) is 34.8 Å². The summed E-state index contributed by atoms with van der Waals surface area (Å²) in [5, 5.41) is 11.8. The van der Waals surface area contributed by atoms with Crippen LogP contribution in [0.25, 0.3) is 0 Å². The zero-order valence-electron chi connectivity index (χ0n) is 11.2. The molecule has 0 unspecified atom stereocenters. The molecule has 21 heavy (non-hydrogen) atoms. The fourth-order valence-electron chi connectivity index (χ4n) is 1.72. The molecule has 1 heterocycles. The van der Waals surface area contributed by atoms with Crippen LogP contribution < -0.4 is 16.6 Å². The number of nitrogens with one attached hydrogen (secondary N) is 1. The maximum Gasteiger partial charge on any atom is 0.343 e. The lowest BCUT2D eigenvalue weighted by atomic mass is 10.3. The molecular formula is C11H15N5O3S2. The van der Waals surface area contributed by atoms with E-state index in [9.17, 15) is 13.2 Å². The van der Waals surface area contributed by atoms with Gasteiger partial charge in [0.15, 0.2) is 5.16 Å². The average molecular weight is 329 g/mol. The van der Waals surface area contributed by atoms with Crippen LogP contribution >= 0.6 is 11.8 Å². The van der Waals surface area contributed by atoms with Crippen LogP contribution in [0.15, 0.2) is 37.9 Å². The second-order valence-corrected chi connectivity index (χ2v) is 6.95. The first-order valence-corrected chi connectivity index (χ1v) is 8.44. The van der Waals surface area contributed by atoms with Crippen molar-refractivity contribution >= 4 is 27.5 Å². The number of hydrogen-bond donors (Lipinski definition) is 3. The van der Waals surface area contributed by atoms with Gasteiger partial charge < -0.3 is 5.73 Å². The molecule has 0 saturated carbocycles. The molecule has 0 spiro atoms. The van der Waals surface area contributed by atoms with Crippen LogP contribution in [0.3, 0.4) is 0 Å². The van der Waals surface area contributed by atoms with Gasteiger partial charge in [-0.15, -0.1) is 5.10 Å². The Morgan fingerprint density at radius 3 is 2.71 bits per heavy atom. The Bertz CT molecular complexity index is 810. The number of sulfonamides is 1. The molecule has 8 nitrogen and oxygen atoms in total. The molecule has 0 aliphatic carbocycles. The van der Waals surface area contributed by atoms with Gasteiger partial charge in [0.1, 0.15) is 0 Å². The van der Waals surface area contributed by atoms with Gasteiger partial charge in [-0.1, -0.05) is 6.92 Å². The smallest absolute Gasteiger partial charge is 0.343 e. The lowest BCUT2D eigenvalue weighted by Crippen LogP contribution is -2.17. The number of hydrogen-bond acceptors (Lipinski definition) is 6. The summed E-state index contributed by atoms with van der Waals surface area (Å²) in [4.78, 5) is 12.1. The zero-order valence-corrected chi connectivity index (χ0v) is 12.9. The van der Waals surface area contributed by atoms with Gasteiger partial charge in [0.05, 0.1) is 4.90 Å². The highest BCUT2D eigenvalue weighted by atomic mass is 32.2. The number of aromatic nitrogens is 3. The summed E-state index contributed by atoms with van der Waals surface area (Å²) in [7, 11) is -3.85. The molecule has 5 N–H and O–H groups in total. The third-order valence-electron chi connectivity index (χ3n) is 2.61. The quantitative estimate of drug-likeness (QED) is 0.677. The first-order chi connectivity index (χ1) is 9.81. The summed E-state index contributed by atoms with van der Waals surface area (Å²) in [5.74, 6) is 0. The van der Waals surface area contributed by atoms with Gasteiger partial charge in [0.2, 0.25) is 10.0 Å². The average Bonchev–Trinajstić information content (AvgIpc) is 2.70. The van der Waals surface area contributed by atoms with E-state index in [-0.39, 0.29) is 16.3 Å². The van der Waals surface area contributed by atoms with Crippen LogP contribution in [0, 0.1) is 0 Å². The standard InChI is InChI=1S/C11H15N5O3S2/c1-2-3-16-10(17)14-15-11(16)20-8-4-7(12)5-9(6-8)21(13,18)19/h4-6H,2-3,12H2,1H3,(H,14,17)(H2,13,18,19). The first kappa shape index (κ1) is 15.6. The predicted octanol–water partition coefficient (Wildman–Crippen LogP) is 0.362. The molecular weight excluding hydrogens is 314 g/mol. The van der Waals surface area contributed by atoms with Gasteiger partial charge in [0.25, 0.3) is 0 Å². The van der Waals surface area contributed by atoms with Crippen molar-refractivity contribution in [2.75, 3.05) is 5.73 Å². The number of primary sulfonamides is 1. The van der Waals surface area contributed by atoms with Gasteiger partial charge in [-0.25, -0.2) is 23.4 Å². The highest BCUT2D eigenvalue weighted by Gasteiger charge is 2.14. The third kappa shape index (κ3) is 3.65. The van der Waals surface area contributed by atoms with Crippen molar-refractivity contribution in [3.05, 3.63) is 28.7 Å². The van der Waals surface area contributed by atoms with E-state index < -0.39 is 10.0 Å². The van der Waals surface area contributed by atoms with Gasteiger partial charge in [-0.2, -0.15) is 0 Å². The summed E-state index contributed by atoms with van der Waals surface area (Å²) in [6, 6.07) is 4.27. The van der Waals surface area contributed by atoms with E-state index in [1.165, 1.54) is 16.7 Å². The lowest BCUT2D eigenvalue weighted by molar-refractivity contribution is 0.597. The highest BCUT2D eigenvalue weighted by molar-refractivity contribution is 7.99. The van der Waals surface area contributed by atoms with Crippen molar-refractivity contribution in [2.24, 2.45) is 5.14 Å². The Balaban J connectivity index is 2.41. The first-order valence-electron chi connectivity index (χ1n) is 6.07. The molecule has 0 aliphatic rings. The third-order valence-corrected chi connectivity index (χ3v) is 4.47. The SMILES string of the molecule is CCCn1c(Sc2cc(N)cc(S(N)(=O)=O)c2)n[nH]c1=O. The van der Waals surface area contributed by atoms with Crippen LogP contribution in [0.5, 0.6) is 0 Å². The van der Waals surface area contributed by atoms with Gasteiger partial charge >= 0.3 is 5.69 Å². The Morgan fingerprint density at radius 1 is 1.38 bits per heavy atom. The molecule has 1 aromatic heterocycles. The van der Waals surface area contributed by atoms with Crippen molar-refractivity contribution in [3.8, 4) is 0 Å². The van der Waals surface area contributed by atoms with E-state index in [0.717, 1.165) is 18.2 Å². The van der Waals surface area contributed by atoms with Gasteiger partial charge in [0, 0.05) is 17.1 Å². The monoisotopic (exact) mass is 329 g/mol. The Kier molecular flexibility index (Phi) is 4.40. The summed E-state index contributed by atoms with van der Waals surface area (Å²) in [6.45, 7) is 2.45. The Morgan fingerprint density at radius 2 is 2.10 bits per heavy atom. The maximum atomic E-state index is 11.6. The van der Waals surface area contributed by atoms with Crippen LogP contribution in [0.1, 0.15) is 13.3 Å². The van der Waals surface area contributed by atoms with Crippen LogP contribution in [0.4, 0.5) is 5.69 Å². The topological polar surface area (TPSA) is 137 Å². The summed E-state index contributed by atoms with van der Waals surface area (Å²) in [5.41, 5.74) is 5.64. The van der Waals surface area contributed by atoms with E-state index >= 15 is 0 Å².